The highest BCUT2D eigenvalue weighted by molar-refractivity contribution is 5.53. The number of nitrogens with one attached hydrogen (secondary N) is 1. The van der Waals surface area contributed by atoms with Crippen LogP contribution in [0.15, 0.2) is 24.5 Å². The minimum Gasteiger partial charge on any atom is -0.370 e. The van der Waals surface area contributed by atoms with Crippen molar-refractivity contribution < 1.29 is 4.92 Å². The monoisotopic (exact) mass is 261 g/mol. The van der Waals surface area contributed by atoms with Gasteiger partial charge in [0, 0.05) is 31.4 Å². The number of hydrogen-bond acceptors (Lipinski definition) is 5. The van der Waals surface area contributed by atoms with Gasteiger partial charge in [0.25, 0.3) is 0 Å². The first kappa shape index (κ1) is 13.0. The van der Waals surface area contributed by atoms with Crippen molar-refractivity contribution in [3.63, 3.8) is 0 Å². The Morgan fingerprint density at radius 3 is 2.84 bits per heavy atom. The number of aryl methyl sites for hydroxylation is 1. The molecule has 0 aromatic carbocycles. The molecule has 0 unspecified atom stereocenters. The largest absolute Gasteiger partial charge is 0.370 e. The fourth-order valence-electron chi connectivity index (χ4n) is 1.83. The minimum atomic E-state index is -0.433. The van der Waals surface area contributed by atoms with Gasteiger partial charge in [-0.15, -0.1) is 0 Å². The third-order valence-corrected chi connectivity index (χ3v) is 2.67. The van der Waals surface area contributed by atoms with E-state index in [1.807, 2.05) is 13.8 Å². The molecular formula is C12H15N5O2. The van der Waals surface area contributed by atoms with Crippen LogP contribution in [0.4, 0.5) is 11.5 Å². The van der Waals surface area contributed by atoms with Gasteiger partial charge in [-0.05, 0) is 13.0 Å². The fourth-order valence-corrected chi connectivity index (χ4v) is 1.83. The van der Waals surface area contributed by atoms with Crippen molar-refractivity contribution in [3.05, 3.63) is 40.5 Å². The number of imidazole rings is 1. The lowest BCUT2D eigenvalue weighted by molar-refractivity contribution is -0.384. The molecule has 1 N–H and O–H groups in total. The predicted octanol–water partition coefficient (Wildman–Crippen LogP) is 2.17. The molecule has 0 fully saturated rings. The normalized spacial score (nSPS) is 10.4. The molecule has 0 aliphatic carbocycles. The van der Waals surface area contributed by atoms with E-state index in [4.69, 9.17) is 0 Å². The molecule has 0 bridgehead atoms. The van der Waals surface area contributed by atoms with Crippen molar-refractivity contribution in [2.75, 3.05) is 11.9 Å². The summed E-state index contributed by atoms with van der Waals surface area (Å²) in [6, 6.07) is 3.06. The SMILES string of the molecule is CCNc1ccc([N+](=O)[O-])c(-n2ccnc2CC)n1. The van der Waals surface area contributed by atoms with Crippen molar-refractivity contribution in [2.24, 2.45) is 0 Å². The molecule has 7 nitrogen and oxygen atoms in total. The zero-order valence-corrected chi connectivity index (χ0v) is 10.8. The Morgan fingerprint density at radius 2 is 2.21 bits per heavy atom. The van der Waals surface area contributed by atoms with Crippen LogP contribution in [0, 0.1) is 10.1 Å². The van der Waals surface area contributed by atoms with Gasteiger partial charge in [-0.3, -0.25) is 14.7 Å². The smallest absolute Gasteiger partial charge is 0.312 e. The lowest BCUT2D eigenvalue weighted by atomic mass is 10.3. The maximum atomic E-state index is 11.1. The molecule has 0 radical (unpaired) electrons. The summed E-state index contributed by atoms with van der Waals surface area (Å²) >= 11 is 0. The predicted molar refractivity (Wildman–Crippen MR) is 71.6 cm³/mol. The Bertz CT molecular complexity index is 594. The van der Waals surface area contributed by atoms with Crippen molar-refractivity contribution in [1.29, 1.82) is 0 Å². The van der Waals surface area contributed by atoms with Crippen LogP contribution in [0.25, 0.3) is 5.82 Å². The zero-order valence-electron chi connectivity index (χ0n) is 10.8. The molecule has 2 aromatic heterocycles. The molecule has 0 spiro atoms. The number of nitrogens with zero attached hydrogens (tertiary/aromatic N) is 4. The van der Waals surface area contributed by atoms with Crippen LogP contribution < -0.4 is 5.32 Å². The first-order valence-corrected chi connectivity index (χ1v) is 6.09. The maximum Gasteiger partial charge on any atom is 0.312 e. The number of hydrogen-bond donors (Lipinski definition) is 1. The maximum absolute atomic E-state index is 11.1. The number of aromatic nitrogens is 3. The second kappa shape index (κ2) is 5.47. The van der Waals surface area contributed by atoms with E-state index in [-0.39, 0.29) is 11.5 Å². The second-order valence-corrected chi connectivity index (χ2v) is 3.89. The van der Waals surface area contributed by atoms with Gasteiger partial charge in [0.2, 0.25) is 5.82 Å². The van der Waals surface area contributed by atoms with Crippen LogP contribution in [0.5, 0.6) is 0 Å². The van der Waals surface area contributed by atoms with Crippen LogP contribution in [0.3, 0.4) is 0 Å². The summed E-state index contributed by atoms with van der Waals surface area (Å²) in [6.45, 7) is 4.59. The zero-order chi connectivity index (χ0) is 13.8. The van der Waals surface area contributed by atoms with E-state index in [2.05, 4.69) is 15.3 Å². The van der Waals surface area contributed by atoms with Crippen molar-refractivity contribution in [2.45, 2.75) is 20.3 Å². The van der Waals surface area contributed by atoms with Gasteiger partial charge in [-0.25, -0.2) is 9.97 Å². The third-order valence-electron chi connectivity index (χ3n) is 2.67. The highest BCUT2D eigenvalue weighted by Crippen LogP contribution is 2.24. The average molecular weight is 261 g/mol. The molecule has 2 heterocycles. The van der Waals surface area contributed by atoms with Gasteiger partial charge in [-0.2, -0.15) is 0 Å². The molecule has 0 amide bonds. The Labute approximate surface area is 110 Å². The van der Waals surface area contributed by atoms with Crippen LogP contribution >= 0.6 is 0 Å². The van der Waals surface area contributed by atoms with Gasteiger partial charge in [0.15, 0.2) is 0 Å². The Morgan fingerprint density at radius 1 is 1.42 bits per heavy atom. The summed E-state index contributed by atoms with van der Waals surface area (Å²) in [6.07, 6.45) is 3.98. The van der Waals surface area contributed by atoms with Crippen molar-refractivity contribution in [3.8, 4) is 5.82 Å². The molecule has 2 aromatic rings. The van der Waals surface area contributed by atoms with E-state index in [0.717, 1.165) is 5.82 Å². The molecular weight excluding hydrogens is 246 g/mol. The standard InChI is InChI=1S/C12H15N5O2/c1-3-11-14-7-8-16(11)12-9(17(18)19)5-6-10(15-12)13-4-2/h5-8H,3-4H2,1-2H3,(H,13,15). The molecule has 2 rings (SSSR count). The van der Waals surface area contributed by atoms with E-state index in [9.17, 15) is 10.1 Å². The van der Waals surface area contributed by atoms with E-state index < -0.39 is 4.92 Å². The van der Waals surface area contributed by atoms with Gasteiger partial charge >= 0.3 is 5.69 Å². The fraction of sp³-hybridized carbons (Fsp3) is 0.333. The minimum absolute atomic E-state index is 0.0330. The van der Waals surface area contributed by atoms with Gasteiger partial charge < -0.3 is 5.32 Å². The van der Waals surface area contributed by atoms with E-state index in [1.54, 1.807) is 23.0 Å². The van der Waals surface area contributed by atoms with Crippen LogP contribution in [0.2, 0.25) is 0 Å². The molecule has 7 heteroatoms. The molecule has 19 heavy (non-hydrogen) atoms. The van der Waals surface area contributed by atoms with Gasteiger partial charge in [-0.1, -0.05) is 6.92 Å². The lowest BCUT2D eigenvalue weighted by Crippen LogP contribution is -2.08. The van der Waals surface area contributed by atoms with E-state index in [0.29, 0.717) is 18.8 Å². The van der Waals surface area contributed by atoms with Crippen LogP contribution in [-0.2, 0) is 6.42 Å². The molecule has 0 aliphatic heterocycles. The molecule has 100 valence electrons. The first-order chi connectivity index (χ1) is 9.17. The first-order valence-electron chi connectivity index (χ1n) is 6.09. The molecule has 0 atom stereocenters. The number of anilines is 1. The quantitative estimate of drug-likeness (QED) is 0.658. The summed E-state index contributed by atoms with van der Waals surface area (Å²) in [5.74, 6) is 1.64. The Kier molecular flexibility index (Phi) is 3.74. The summed E-state index contributed by atoms with van der Waals surface area (Å²) in [5.41, 5.74) is -0.0330. The number of rotatable bonds is 5. The summed E-state index contributed by atoms with van der Waals surface area (Å²) in [4.78, 5) is 19.1. The highest BCUT2D eigenvalue weighted by Gasteiger charge is 2.19. The van der Waals surface area contributed by atoms with Crippen LogP contribution in [-0.4, -0.2) is 26.0 Å². The number of pyridine rings is 1. The summed E-state index contributed by atoms with van der Waals surface area (Å²) < 4.78 is 1.65. The summed E-state index contributed by atoms with van der Waals surface area (Å²) in [7, 11) is 0. The highest BCUT2D eigenvalue weighted by atomic mass is 16.6. The van der Waals surface area contributed by atoms with Crippen molar-refractivity contribution in [1.82, 2.24) is 14.5 Å². The Balaban J connectivity index is 2.57. The van der Waals surface area contributed by atoms with Gasteiger partial charge in [0.05, 0.1) is 4.92 Å². The summed E-state index contributed by atoms with van der Waals surface area (Å²) in [5, 5.41) is 14.1. The van der Waals surface area contributed by atoms with E-state index in [1.165, 1.54) is 6.07 Å². The average Bonchev–Trinajstić information content (AvgIpc) is 2.86. The molecule has 0 saturated carbocycles. The topological polar surface area (TPSA) is 85.9 Å². The molecule has 0 aliphatic rings. The van der Waals surface area contributed by atoms with E-state index >= 15 is 0 Å². The van der Waals surface area contributed by atoms with Gasteiger partial charge in [0.1, 0.15) is 11.6 Å². The lowest BCUT2D eigenvalue weighted by Gasteiger charge is -2.09. The Hall–Kier alpha value is -2.44. The number of nitro groups is 1. The van der Waals surface area contributed by atoms with Crippen LogP contribution in [0.1, 0.15) is 19.7 Å². The molecule has 0 saturated heterocycles. The van der Waals surface area contributed by atoms with Crippen molar-refractivity contribution >= 4 is 11.5 Å². The third kappa shape index (κ3) is 2.54. The second-order valence-electron chi connectivity index (χ2n) is 3.89.